The van der Waals surface area contributed by atoms with Crippen LogP contribution in [-0.4, -0.2) is 5.78 Å². The summed E-state index contributed by atoms with van der Waals surface area (Å²) in [4.78, 5) is 12.0. The number of ketones is 1. The average Bonchev–Trinajstić information content (AvgIpc) is 2.55. The largest absolute Gasteiger partial charge is 0.293 e. The van der Waals surface area contributed by atoms with E-state index in [1.807, 2.05) is 6.08 Å². The van der Waals surface area contributed by atoms with Crippen molar-refractivity contribution in [1.29, 1.82) is 0 Å². The van der Waals surface area contributed by atoms with Crippen LogP contribution in [0.15, 0.2) is 46.4 Å². The van der Waals surface area contributed by atoms with Gasteiger partial charge in [-0.15, -0.1) is 0 Å². The zero-order chi connectivity index (χ0) is 9.54. The van der Waals surface area contributed by atoms with Crippen LogP contribution in [0.25, 0.3) is 0 Å². The minimum atomic E-state index is 0.0480. The van der Waals surface area contributed by atoms with E-state index < -0.39 is 0 Å². The summed E-state index contributed by atoms with van der Waals surface area (Å²) >= 11 is 0. The smallest absolute Gasteiger partial charge is 0.171 e. The molecule has 14 heavy (non-hydrogen) atoms. The molecule has 1 atom stereocenters. The van der Waals surface area contributed by atoms with Crippen LogP contribution in [0.3, 0.4) is 0 Å². The summed E-state index contributed by atoms with van der Waals surface area (Å²) in [5, 5.41) is 0. The third-order valence-corrected chi connectivity index (χ3v) is 3.04. The standard InChI is InChI=1S/C13H10O/c14-13-11-7-3-1-5-9(11)10-6-2-4-8-12(10)13/h4-5,7,12H,1,3,8H2. The van der Waals surface area contributed by atoms with Crippen LogP contribution in [-0.2, 0) is 4.79 Å². The highest BCUT2D eigenvalue weighted by Crippen LogP contribution is 2.41. The topological polar surface area (TPSA) is 17.1 Å². The first-order valence-electron chi connectivity index (χ1n) is 5.03. The molecule has 0 bridgehead atoms. The second-order valence-corrected chi connectivity index (χ2v) is 3.85. The van der Waals surface area contributed by atoms with E-state index in [1.165, 1.54) is 0 Å². The Bertz CT molecular complexity index is 475. The van der Waals surface area contributed by atoms with Crippen molar-refractivity contribution in [3.63, 3.8) is 0 Å². The average molecular weight is 182 g/mol. The highest BCUT2D eigenvalue weighted by Gasteiger charge is 2.38. The zero-order valence-corrected chi connectivity index (χ0v) is 7.84. The van der Waals surface area contributed by atoms with Crippen LogP contribution in [0.1, 0.15) is 19.3 Å². The molecule has 3 rings (SSSR count). The van der Waals surface area contributed by atoms with Crippen molar-refractivity contribution in [3.8, 4) is 0 Å². The van der Waals surface area contributed by atoms with E-state index in [9.17, 15) is 4.79 Å². The molecule has 0 amide bonds. The van der Waals surface area contributed by atoms with Crippen molar-refractivity contribution in [2.45, 2.75) is 19.3 Å². The van der Waals surface area contributed by atoms with Crippen LogP contribution >= 0.6 is 0 Å². The number of carbonyl (C=O) groups excluding carboxylic acids is 1. The fraction of sp³-hybridized carbons (Fsp3) is 0.308. The fourth-order valence-electron chi connectivity index (χ4n) is 2.36. The molecule has 0 aliphatic heterocycles. The summed E-state index contributed by atoms with van der Waals surface area (Å²) in [5.74, 6) is 0.336. The van der Waals surface area contributed by atoms with Gasteiger partial charge >= 0.3 is 0 Å². The molecule has 0 saturated heterocycles. The molecular formula is C13H10O. The predicted octanol–water partition coefficient (Wildman–Crippen LogP) is 2.47. The van der Waals surface area contributed by atoms with Gasteiger partial charge in [-0.25, -0.2) is 0 Å². The molecular weight excluding hydrogens is 172 g/mol. The van der Waals surface area contributed by atoms with Crippen LogP contribution < -0.4 is 0 Å². The molecule has 68 valence electrons. The maximum Gasteiger partial charge on any atom is 0.171 e. The summed E-state index contributed by atoms with van der Waals surface area (Å²) in [6.07, 6.45) is 9.00. The summed E-state index contributed by atoms with van der Waals surface area (Å²) < 4.78 is 0. The van der Waals surface area contributed by atoms with Gasteiger partial charge in [-0.05, 0) is 30.9 Å². The minimum absolute atomic E-state index is 0.0480. The highest BCUT2D eigenvalue weighted by atomic mass is 16.1. The number of Topliss-reactive ketones (excluding diaryl/α,β-unsaturated/α-hetero) is 1. The lowest BCUT2D eigenvalue weighted by atomic mass is 9.94. The van der Waals surface area contributed by atoms with Crippen molar-refractivity contribution in [3.05, 3.63) is 46.4 Å². The SMILES string of the molecule is O=C1C2=CCCC=C2C2=C=C=CCC12. The first kappa shape index (κ1) is 7.82. The van der Waals surface area contributed by atoms with Crippen molar-refractivity contribution < 1.29 is 4.79 Å². The van der Waals surface area contributed by atoms with Crippen LogP contribution in [0.4, 0.5) is 0 Å². The molecule has 1 heteroatoms. The maximum absolute atomic E-state index is 12.0. The normalized spacial score (nSPS) is 27.9. The molecule has 3 aliphatic carbocycles. The number of rotatable bonds is 0. The molecule has 0 heterocycles. The molecule has 0 N–H and O–H groups in total. The number of fused-ring (bicyclic) bond motifs is 3. The van der Waals surface area contributed by atoms with Gasteiger partial charge in [-0.1, -0.05) is 23.6 Å². The van der Waals surface area contributed by atoms with Gasteiger partial charge in [0.2, 0.25) is 0 Å². The molecule has 0 aromatic heterocycles. The number of carbonyl (C=O) groups is 1. The lowest BCUT2D eigenvalue weighted by Gasteiger charge is -2.07. The number of hydrogen-bond donors (Lipinski definition) is 0. The second kappa shape index (κ2) is 2.72. The van der Waals surface area contributed by atoms with Gasteiger partial charge in [-0.2, -0.15) is 0 Å². The van der Waals surface area contributed by atoms with Gasteiger partial charge in [0, 0.05) is 11.1 Å². The summed E-state index contributed by atoms with van der Waals surface area (Å²) in [7, 11) is 0. The van der Waals surface area contributed by atoms with E-state index in [-0.39, 0.29) is 11.7 Å². The van der Waals surface area contributed by atoms with E-state index in [0.29, 0.717) is 0 Å². The Morgan fingerprint density at radius 2 is 2.00 bits per heavy atom. The van der Waals surface area contributed by atoms with Gasteiger partial charge < -0.3 is 0 Å². The van der Waals surface area contributed by atoms with Gasteiger partial charge in [0.25, 0.3) is 0 Å². The molecule has 1 nitrogen and oxygen atoms in total. The summed E-state index contributed by atoms with van der Waals surface area (Å²) in [5.41, 5.74) is 9.20. The Morgan fingerprint density at radius 1 is 1.21 bits per heavy atom. The lowest BCUT2D eigenvalue weighted by Crippen LogP contribution is -2.08. The first-order valence-corrected chi connectivity index (χ1v) is 5.03. The molecule has 0 aromatic rings. The number of hydrogen-bond acceptors (Lipinski definition) is 1. The molecule has 0 spiro atoms. The van der Waals surface area contributed by atoms with E-state index in [1.54, 1.807) is 0 Å². The second-order valence-electron chi connectivity index (χ2n) is 3.85. The lowest BCUT2D eigenvalue weighted by molar-refractivity contribution is -0.117. The molecule has 1 saturated carbocycles. The van der Waals surface area contributed by atoms with Gasteiger partial charge in [0.05, 0.1) is 5.92 Å². The summed E-state index contributed by atoms with van der Waals surface area (Å²) in [6.45, 7) is 0. The molecule has 3 aliphatic rings. The Morgan fingerprint density at radius 3 is 2.86 bits per heavy atom. The Labute approximate surface area is 82.8 Å². The maximum atomic E-state index is 12.0. The van der Waals surface area contributed by atoms with E-state index >= 15 is 0 Å². The first-order chi connectivity index (χ1) is 6.88. The Balaban J connectivity index is 2.26. The van der Waals surface area contributed by atoms with Crippen LogP contribution in [0.5, 0.6) is 0 Å². The van der Waals surface area contributed by atoms with Crippen molar-refractivity contribution in [2.24, 2.45) is 5.92 Å². The zero-order valence-electron chi connectivity index (χ0n) is 7.84. The Hall–Kier alpha value is -1.55. The van der Waals surface area contributed by atoms with E-state index in [4.69, 9.17) is 0 Å². The number of allylic oxidation sites excluding steroid dienone is 6. The van der Waals surface area contributed by atoms with Gasteiger partial charge in [0.1, 0.15) is 0 Å². The van der Waals surface area contributed by atoms with Crippen molar-refractivity contribution >= 4 is 5.78 Å². The van der Waals surface area contributed by atoms with E-state index in [0.717, 1.165) is 36.0 Å². The van der Waals surface area contributed by atoms with Crippen molar-refractivity contribution in [2.75, 3.05) is 0 Å². The summed E-state index contributed by atoms with van der Waals surface area (Å²) in [6, 6.07) is 0. The third-order valence-electron chi connectivity index (χ3n) is 3.04. The minimum Gasteiger partial charge on any atom is -0.293 e. The fourth-order valence-corrected chi connectivity index (χ4v) is 2.36. The van der Waals surface area contributed by atoms with Gasteiger partial charge in [0.15, 0.2) is 5.78 Å². The molecule has 1 unspecified atom stereocenters. The Kier molecular flexibility index (Phi) is 1.52. The quantitative estimate of drug-likeness (QED) is 0.526. The molecule has 1 fully saturated rings. The molecule has 0 radical (unpaired) electrons. The molecule has 0 aromatic carbocycles. The van der Waals surface area contributed by atoms with Crippen LogP contribution in [0.2, 0.25) is 0 Å². The van der Waals surface area contributed by atoms with Crippen LogP contribution in [0, 0.1) is 5.92 Å². The third kappa shape index (κ3) is 0.886. The van der Waals surface area contributed by atoms with Crippen molar-refractivity contribution in [1.82, 2.24) is 0 Å². The monoisotopic (exact) mass is 182 g/mol. The predicted molar refractivity (Wildman–Crippen MR) is 53.6 cm³/mol. The van der Waals surface area contributed by atoms with Gasteiger partial charge in [-0.3, -0.25) is 4.79 Å². The highest BCUT2D eigenvalue weighted by molar-refractivity contribution is 6.09. The van der Waals surface area contributed by atoms with E-state index in [2.05, 4.69) is 23.6 Å².